The van der Waals surface area contributed by atoms with Crippen molar-refractivity contribution in [1.82, 2.24) is 5.32 Å². The van der Waals surface area contributed by atoms with E-state index in [4.69, 9.17) is 14.2 Å². The van der Waals surface area contributed by atoms with Crippen molar-refractivity contribution in [2.24, 2.45) is 0 Å². The van der Waals surface area contributed by atoms with Gasteiger partial charge in [-0.3, -0.25) is 9.59 Å². The Morgan fingerprint density at radius 1 is 1.00 bits per heavy atom. The van der Waals surface area contributed by atoms with Gasteiger partial charge in [0, 0.05) is 24.7 Å². The van der Waals surface area contributed by atoms with Gasteiger partial charge in [-0.2, -0.15) is 0 Å². The van der Waals surface area contributed by atoms with E-state index in [1.54, 1.807) is 61.6 Å². The molecular weight excluding hydrogens is 348 g/mol. The maximum Gasteiger partial charge on any atom is 0.255 e. The van der Waals surface area contributed by atoms with E-state index in [-0.39, 0.29) is 24.3 Å². The molecule has 1 atom stereocenters. The van der Waals surface area contributed by atoms with Crippen LogP contribution < -0.4 is 24.4 Å². The number of ether oxygens (including phenoxy) is 3. The number of para-hydroxylation sites is 1. The van der Waals surface area contributed by atoms with Gasteiger partial charge in [0.25, 0.3) is 5.91 Å². The van der Waals surface area contributed by atoms with Gasteiger partial charge in [0.15, 0.2) is 11.5 Å². The molecule has 0 aliphatic carbocycles. The zero-order valence-electron chi connectivity index (χ0n) is 15.5. The molecule has 1 N–H and O–H groups in total. The van der Waals surface area contributed by atoms with Gasteiger partial charge in [-0.25, -0.2) is 0 Å². The van der Waals surface area contributed by atoms with Crippen molar-refractivity contribution in [2.45, 2.75) is 12.5 Å². The lowest BCUT2D eigenvalue weighted by Crippen LogP contribution is -2.37. The number of nitrogens with one attached hydrogen (secondary N) is 1. The lowest BCUT2D eigenvalue weighted by Gasteiger charge is -2.19. The molecular formula is C20H22N2O5. The van der Waals surface area contributed by atoms with Crippen LogP contribution >= 0.6 is 0 Å². The van der Waals surface area contributed by atoms with Crippen LogP contribution in [0.25, 0.3) is 0 Å². The van der Waals surface area contributed by atoms with Crippen LogP contribution in [0.1, 0.15) is 16.8 Å². The van der Waals surface area contributed by atoms with E-state index in [2.05, 4.69) is 5.32 Å². The molecule has 0 spiro atoms. The number of benzene rings is 2. The third-order valence-electron chi connectivity index (χ3n) is 4.49. The van der Waals surface area contributed by atoms with Crippen molar-refractivity contribution in [2.75, 3.05) is 32.8 Å². The minimum absolute atomic E-state index is 0.0625. The molecule has 1 aliphatic heterocycles. The van der Waals surface area contributed by atoms with Crippen LogP contribution in [-0.4, -0.2) is 45.7 Å². The van der Waals surface area contributed by atoms with Crippen LogP contribution in [0.4, 0.5) is 5.69 Å². The highest BCUT2D eigenvalue weighted by molar-refractivity contribution is 6.00. The maximum absolute atomic E-state index is 12.6. The summed E-state index contributed by atoms with van der Waals surface area (Å²) in [5, 5.41) is 2.91. The van der Waals surface area contributed by atoms with Crippen LogP contribution in [0, 0.1) is 0 Å². The van der Waals surface area contributed by atoms with Crippen LogP contribution in [0.5, 0.6) is 17.2 Å². The summed E-state index contributed by atoms with van der Waals surface area (Å²) in [6, 6.07) is 12.0. The van der Waals surface area contributed by atoms with Crippen molar-refractivity contribution < 1.29 is 23.8 Å². The highest BCUT2D eigenvalue weighted by atomic mass is 16.5. The number of hydrogen-bond donors (Lipinski definition) is 1. The van der Waals surface area contributed by atoms with Crippen LogP contribution in [-0.2, 0) is 4.79 Å². The molecule has 2 aromatic rings. The average Bonchev–Trinajstić information content (AvgIpc) is 3.07. The Kier molecular flexibility index (Phi) is 5.49. The standard InChI is InChI=1S/C20H22N2O5/c1-25-16-7-5-4-6-15(16)20(24)21-13-10-19(23)22(12-13)14-8-9-17(26-2)18(11-14)27-3/h4-9,11,13H,10,12H2,1-3H3,(H,21,24)/t13-/m1/s1. The molecule has 0 radical (unpaired) electrons. The van der Waals surface area contributed by atoms with E-state index in [1.165, 1.54) is 7.11 Å². The Morgan fingerprint density at radius 3 is 2.41 bits per heavy atom. The van der Waals surface area contributed by atoms with Gasteiger partial charge < -0.3 is 24.4 Å². The molecule has 2 amide bonds. The zero-order chi connectivity index (χ0) is 19.4. The van der Waals surface area contributed by atoms with E-state index in [0.717, 1.165) is 0 Å². The Hall–Kier alpha value is -3.22. The second-order valence-corrected chi connectivity index (χ2v) is 6.12. The molecule has 1 heterocycles. The highest BCUT2D eigenvalue weighted by Gasteiger charge is 2.32. The number of carbonyl (C=O) groups is 2. The number of carbonyl (C=O) groups excluding carboxylic acids is 2. The van der Waals surface area contributed by atoms with Crippen LogP contribution in [0.2, 0.25) is 0 Å². The molecule has 7 nitrogen and oxygen atoms in total. The van der Waals surface area contributed by atoms with Crippen molar-refractivity contribution in [3.63, 3.8) is 0 Å². The van der Waals surface area contributed by atoms with Crippen molar-refractivity contribution >= 4 is 17.5 Å². The lowest BCUT2D eigenvalue weighted by atomic mass is 10.1. The van der Waals surface area contributed by atoms with Crippen molar-refractivity contribution in [3.8, 4) is 17.2 Å². The maximum atomic E-state index is 12.6. The summed E-state index contributed by atoms with van der Waals surface area (Å²) in [5.74, 6) is 1.31. The largest absolute Gasteiger partial charge is 0.496 e. The molecule has 7 heteroatoms. The van der Waals surface area contributed by atoms with E-state index in [1.807, 2.05) is 0 Å². The van der Waals surface area contributed by atoms with Crippen molar-refractivity contribution in [1.29, 1.82) is 0 Å². The minimum atomic E-state index is -0.289. The Morgan fingerprint density at radius 2 is 1.70 bits per heavy atom. The molecule has 1 aliphatic rings. The van der Waals surface area contributed by atoms with E-state index in [9.17, 15) is 9.59 Å². The first-order chi connectivity index (χ1) is 13.1. The molecule has 27 heavy (non-hydrogen) atoms. The smallest absolute Gasteiger partial charge is 0.255 e. The molecule has 0 unspecified atom stereocenters. The molecule has 142 valence electrons. The number of anilines is 1. The number of nitrogens with zero attached hydrogens (tertiary/aromatic N) is 1. The van der Waals surface area contributed by atoms with Crippen LogP contribution in [0.3, 0.4) is 0 Å². The van der Waals surface area contributed by atoms with E-state index >= 15 is 0 Å². The van der Waals surface area contributed by atoms with Crippen molar-refractivity contribution in [3.05, 3.63) is 48.0 Å². The summed E-state index contributed by atoms with van der Waals surface area (Å²) in [4.78, 5) is 26.6. The fourth-order valence-electron chi connectivity index (χ4n) is 3.14. The number of amides is 2. The Labute approximate surface area is 157 Å². The van der Waals surface area contributed by atoms with Gasteiger partial charge in [-0.15, -0.1) is 0 Å². The summed E-state index contributed by atoms with van der Waals surface area (Å²) in [6.45, 7) is 0.384. The highest BCUT2D eigenvalue weighted by Crippen LogP contribution is 2.33. The molecule has 1 saturated heterocycles. The van der Waals surface area contributed by atoms with Gasteiger partial charge in [-0.1, -0.05) is 12.1 Å². The summed E-state index contributed by atoms with van der Waals surface area (Å²) in [7, 11) is 4.62. The SMILES string of the molecule is COc1ccc(N2C[C@H](NC(=O)c3ccccc3OC)CC2=O)cc1OC. The number of hydrogen-bond acceptors (Lipinski definition) is 5. The summed E-state index contributed by atoms with van der Waals surface area (Å²) >= 11 is 0. The molecule has 1 fully saturated rings. The van der Waals surface area contributed by atoms with E-state index in [0.29, 0.717) is 35.0 Å². The fraction of sp³-hybridized carbons (Fsp3) is 0.300. The predicted molar refractivity (Wildman–Crippen MR) is 101 cm³/mol. The second-order valence-electron chi connectivity index (χ2n) is 6.12. The average molecular weight is 370 g/mol. The summed E-state index contributed by atoms with van der Waals surface area (Å²) in [5.41, 5.74) is 1.14. The molecule has 3 rings (SSSR count). The Bertz CT molecular complexity index is 852. The summed E-state index contributed by atoms with van der Waals surface area (Å²) < 4.78 is 15.8. The predicted octanol–water partition coefficient (Wildman–Crippen LogP) is 2.25. The topological polar surface area (TPSA) is 77.1 Å². The third-order valence-corrected chi connectivity index (χ3v) is 4.49. The minimum Gasteiger partial charge on any atom is -0.496 e. The van der Waals surface area contributed by atoms with Crippen LogP contribution in [0.15, 0.2) is 42.5 Å². The van der Waals surface area contributed by atoms with Gasteiger partial charge in [0.1, 0.15) is 5.75 Å². The molecule has 2 aromatic carbocycles. The number of rotatable bonds is 6. The monoisotopic (exact) mass is 370 g/mol. The second kappa shape index (κ2) is 7.99. The third kappa shape index (κ3) is 3.81. The molecule has 0 aromatic heterocycles. The first-order valence-corrected chi connectivity index (χ1v) is 8.53. The Balaban J connectivity index is 1.73. The van der Waals surface area contributed by atoms with Gasteiger partial charge >= 0.3 is 0 Å². The number of methoxy groups -OCH3 is 3. The fourth-order valence-corrected chi connectivity index (χ4v) is 3.14. The van der Waals surface area contributed by atoms with E-state index < -0.39 is 0 Å². The zero-order valence-corrected chi connectivity index (χ0v) is 15.5. The molecule has 0 bridgehead atoms. The van der Waals surface area contributed by atoms with Gasteiger partial charge in [-0.05, 0) is 24.3 Å². The lowest BCUT2D eigenvalue weighted by molar-refractivity contribution is -0.117. The molecule has 0 saturated carbocycles. The van der Waals surface area contributed by atoms with Gasteiger partial charge in [0.2, 0.25) is 5.91 Å². The first-order valence-electron chi connectivity index (χ1n) is 8.53. The normalized spacial score (nSPS) is 16.2. The van der Waals surface area contributed by atoms with Gasteiger partial charge in [0.05, 0.1) is 32.9 Å². The first kappa shape index (κ1) is 18.6. The summed E-state index contributed by atoms with van der Waals surface area (Å²) in [6.07, 6.45) is 0.231. The quantitative estimate of drug-likeness (QED) is 0.844.